The lowest BCUT2D eigenvalue weighted by Gasteiger charge is -2.31. The van der Waals surface area contributed by atoms with Crippen LogP contribution in [0.5, 0.6) is 0 Å². The van der Waals surface area contributed by atoms with Crippen molar-refractivity contribution in [2.24, 2.45) is 0 Å². The molecule has 0 saturated carbocycles. The van der Waals surface area contributed by atoms with Gasteiger partial charge < -0.3 is 9.84 Å². The van der Waals surface area contributed by atoms with Gasteiger partial charge in [-0.25, -0.2) is 9.59 Å². The third-order valence-corrected chi connectivity index (χ3v) is 1.98. The summed E-state index contributed by atoms with van der Waals surface area (Å²) in [5.41, 5.74) is -0.733. The Balaban J connectivity index is 5.01. The molecule has 0 spiro atoms. The molecule has 0 saturated heterocycles. The molecule has 0 fully saturated rings. The second kappa shape index (κ2) is 5.53. The van der Waals surface area contributed by atoms with Gasteiger partial charge in [0.15, 0.2) is 0 Å². The topological polar surface area (TPSA) is 90.6 Å². The number of rotatable bonds is 3. The Labute approximate surface area is 101 Å². The van der Waals surface area contributed by atoms with E-state index in [0.717, 1.165) is 4.90 Å². The van der Waals surface area contributed by atoms with E-state index >= 15 is 0 Å². The summed E-state index contributed by atoms with van der Waals surface area (Å²) in [5.74, 6) is -1.18. The maximum absolute atomic E-state index is 11.8. The van der Waals surface area contributed by atoms with Gasteiger partial charge in [-0.1, -0.05) is 0 Å². The van der Waals surface area contributed by atoms with E-state index in [4.69, 9.17) is 15.1 Å². The number of carboxylic acid groups (broad SMARTS) is 1. The van der Waals surface area contributed by atoms with E-state index in [2.05, 4.69) is 0 Å². The molecule has 6 heteroatoms. The van der Waals surface area contributed by atoms with Crippen molar-refractivity contribution in [1.82, 2.24) is 4.90 Å². The number of carbonyl (C=O) groups excluding carboxylic acids is 1. The van der Waals surface area contributed by atoms with Gasteiger partial charge in [-0.15, -0.1) is 0 Å². The number of ether oxygens (including phenoxy) is 1. The monoisotopic (exact) mass is 242 g/mol. The van der Waals surface area contributed by atoms with E-state index in [1.807, 2.05) is 6.07 Å². The van der Waals surface area contributed by atoms with Crippen LogP contribution < -0.4 is 0 Å². The average Bonchev–Trinajstić information content (AvgIpc) is 2.14. The Morgan fingerprint density at radius 2 is 1.82 bits per heavy atom. The first kappa shape index (κ1) is 15.2. The summed E-state index contributed by atoms with van der Waals surface area (Å²) in [6.45, 7) is 7.80. The van der Waals surface area contributed by atoms with Crippen LogP contribution in [0.15, 0.2) is 0 Å². The fourth-order valence-corrected chi connectivity index (χ4v) is 1.15. The summed E-state index contributed by atoms with van der Waals surface area (Å²) in [7, 11) is 0. The summed E-state index contributed by atoms with van der Waals surface area (Å²) in [6.07, 6.45) is -0.804. The lowest BCUT2D eigenvalue weighted by Crippen LogP contribution is -2.49. The molecule has 0 aliphatic carbocycles. The van der Waals surface area contributed by atoms with Gasteiger partial charge in [0.1, 0.15) is 17.7 Å². The molecule has 2 atom stereocenters. The molecule has 96 valence electrons. The lowest BCUT2D eigenvalue weighted by molar-refractivity contribution is -0.142. The van der Waals surface area contributed by atoms with Gasteiger partial charge in [0.25, 0.3) is 0 Å². The molecular formula is C11H18N2O4. The predicted octanol–water partition coefficient (Wildman–Crippen LogP) is 1.61. The molecule has 0 aromatic carbocycles. The highest BCUT2D eigenvalue weighted by molar-refractivity contribution is 5.80. The van der Waals surface area contributed by atoms with Crippen molar-refractivity contribution in [2.75, 3.05) is 0 Å². The number of nitrogens with zero attached hydrogens (tertiary/aromatic N) is 2. The molecule has 0 aliphatic heterocycles. The van der Waals surface area contributed by atoms with Gasteiger partial charge in [-0.2, -0.15) is 5.26 Å². The molecule has 0 bridgehead atoms. The van der Waals surface area contributed by atoms with E-state index in [1.165, 1.54) is 13.8 Å². The van der Waals surface area contributed by atoms with E-state index in [1.54, 1.807) is 20.8 Å². The minimum absolute atomic E-state index is 0.733. The highest BCUT2D eigenvalue weighted by Gasteiger charge is 2.33. The Morgan fingerprint density at radius 1 is 1.35 bits per heavy atom. The van der Waals surface area contributed by atoms with Crippen LogP contribution in [0.4, 0.5) is 4.79 Å². The van der Waals surface area contributed by atoms with E-state index in [9.17, 15) is 9.59 Å². The van der Waals surface area contributed by atoms with Crippen LogP contribution in [-0.4, -0.2) is 39.8 Å². The van der Waals surface area contributed by atoms with Crippen molar-refractivity contribution in [2.45, 2.75) is 52.3 Å². The molecule has 1 amide bonds. The number of carboxylic acids is 1. The minimum Gasteiger partial charge on any atom is -0.480 e. The van der Waals surface area contributed by atoms with Crippen molar-refractivity contribution < 1.29 is 19.4 Å². The van der Waals surface area contributed by atoms with Crippen LogP contribution >= 0.6 is 0 Å². The number of amides is 1. The van der Waals surface area contributed by atoms with E-state index in [0.29, 0.717) is 0 Å². The zero-order chi connectivity index (χ0) is 13.8. The summed E-state index contributed by atoms with van der Waals surface area (Å²) in [4.78, 5) is 23.6. The first-order chi connectivity index (χ1) is 7.60. The Bertz CT molecular complexity index is 340. The molecule has 0 rings (SSSR count). The summed E-state index contributed by atoms with van der Waals surface area (Å²) < 4.78 is 5.07. The molecule has 0 aromatic rings. The van der Waals surface area contributed by atoms with Crippen molar-refractivity contribution in [3.63, 3.8) is 0 Å². The molecular weight excluding hydrogens is 224 g/mol. The van der Waals surface area contributed by atoms with Crippen molar-refractivity contribution in [3.05, 3.63) is 0 Å². The van der Waals surface area contributed by atoms with E-state index < -0.39 is 29.7 Å². The van der Waals surface area contributed by atoms with Gasteiger partial charge in [-0.3, -0.25) is 4.90 Å². The minimum atomic E-state index is -1.18. The SMILES string of the molecule is CC(C#N)N(C(=O)OC(C)(C)C)[C@@H](C)C(=O)O. The van der Waals surface area contributed by atoms with Crippen LogP contribution in [0.1, 0.15) is 34.6 Å². The van der Waals surface area contributed by atoms with Gasteiger partial charge in [0.2, 0.25) is 0 Å². The Kier molecular flexibility index (Phi) is 4.95. The van der Waals surface area contributed by atoms with Crippen molar-refractivity contribution >= 4 is 12.1 Å². The molecule has 17 heavy (non-hydrogen) atoms. The first-order valence-electron chi connectivity index (χ1n) is 5.24. The van der Waals surface area contributed by atoms with Crippen LogP contribution in [0.3, 0.4) is 0 Å². The molecule has 0 aliphatic rings. The van der Waals surface area contributed by atoms with Gasteiger partial charge in [0, 0.05) is 0 Å². The van der Waals surface area contributed by atoms with Crippen LogP contribution in [0, 0.1) is 11.3 Å². The molecule has 0 aromatic heterocycles. The summed E-state index contributed by atoms with van der Waals surface area (Å²) in [5, 5.41) is 17.7. The first-order valence-corrected chi connectivity index (χ1v) is 5.24. The average molecular weight is 242 g/mol. The second-order valence-electron chi connectivity index (χ2n) is 4.71. The van der Waals surface area contributed by atoms with Gasteiger partial charge in [-0.05, 0) is 34.6 Å². The lowest BCUT2D eigenvalue weighted by atomic mass is 10.2. The van der Waals surface area contributed by atoms with Crippen molar-refractivity contribution in [1.29, 1.82) is 5.26 Å². The summed E-state index contributed by atoms with van der Waals surface area (Å²) >= 11 is 0. The summed E-state index contributed by atoms with van der Waals surface area (Å²) in [6, 6.07) is -0.147. The highest BCUT2D eigenvalue weighted by Crippen LogP contribution is 2.14. The van der Waals surface area contributed by atoms with Gasteiger partial charge in [0.05, 0.1) is 6.07 Å². The smallest absolute Gasteiger partial charge is 0.412 e. The fraction of sp³-hybridized carbons (Fsp3) is 0.727. The third kappa shape index (κ3) is 4.72. The molecule has 1 N–H and O–H groups in total. The molecule has 6 nitrogen and oxygen atoms in total. The maximum atomic E-state index is 11.8. The number of aliphatic carboxylic acids is 1. The largest absolute Gasteiger partial charge is 0.480 e. The maximum Gasteiger partial charge on any atom is 0.412 e. The predicted molar refractivity (Wildman–Crippen MR) is 60.2 cm³/mol. The van der Waals surface area contributed by atoms with Crippen molar-refractivity contribution in [3.8, 4) is 6.07 Å². The Morgan fingerprint density at radius 3 is 2.12 bits per heavy atom. The number of carbonyl (C=O) groups is 2. The third-order valence-electron chi connectivity index (χ3n) is 1.98. The number of nitriles is 1. The second-order valence-corrected chi connectivity index (χ2v) is 4.71. The van der Waals surface area contributed by atoms with Crippen LogP contribution in [-0.2, 0) is 9.53 Å². The van der Waals surface area contributed by atoms with E-state index in [-0.39, 0.29) is 0 Å². The molecule has 0 heterocycles. The van der Waals surface area contributed by atoms with Crippen LogP contribution in [0.25, 0.3) is 0 Å². The number of hydrogen-bond acceptors (Lipinski definition) is 4. The van der Waals surface area contributed by atoms with Gasteiger partial charge >= 0.3 is 12.1 Å². The normalized spacial score (nSPS) is 14.4. The number of hydrogen-bond donors (Lipinski definition) is 1. The molecule has 0 radical (unpaired) electrons. The molecule has 1 unspecified atom stereocenters. The zero-order valence-electron chi connectivity index (χ0n) is 10.7. The van der Waals surface area contributed by atoms with Crippen LogP contribution in [0.2, 0.25) is 0 Å². The zero-order valence-corrected chi connectivity index (χ0v) is 10.7. The highest BCUT2D eigenvalue weighted by atomic mass is 16.6. The fourth-order valence-electron chi connectivity index (χ4n) is 1.15. The standard InChI is InChI=1S/C11H18N2O4/c1-7(6-12)13(8(2)9(14)15)10(16)17-11(3,4)5/h7-8H,1-5H3,(H,14,15)/t7?,8-/m0/s1. The quantitative estimate of drug-likeness (QED) is 0.811. The Hall–Kier alpha value is -1.77.